The molecule has 2 aliphatic rings. The summed E-state index contributed by atoms with van der Waals surface area (Å²) in [6.45, 7) is 1.38. The van der Waals surface area contributed by atoms with Gasteiger partial charge in [0.15, 0.2) is 0 Å². The maximum Gasteiger partial charge on any atom is 0.338 e. The quantitative estimate of drug-likeness (QED) is 0.536. The van der Waals surface area contributed by atoms with Gasteiger partial charge in [0.2, 0.25) is 0 Å². The summed E-state index contributed by atoms with van der Waals surface area (Å²) in [5, 5.41) is 9.04. The molecule has 0 aromatic heterocycles. The molecule has 1 aromatic carbocycles. The Morgan fingerprint density at radius 3 is 1.39 bits per heavy atom. The predicted molar refractivity (Wildman–Crippen MR) is 108 cm³/mol. The number of esters is 3. The fraction of sp³-hybridized carbons (Fsp3) is 0.565. The summed E-state index contributed by atoms with van der Waals surface area (Å²) in [4.78, 5) is 46.8. The molecule has 1 aromatic rings. The molecule has 0 radical (unpaired) electrons. The summed E-state index contributed by atoms with van der Waals surface area (Å²) < 4.78 is 16.2. The fourth-order valence-corrected chi connectivity index (χ4v) is 4.11. The number of hydrogen-bond donors (Lipinski definition) is 1. The minimum atomic E-state index is -0.801. The van der Waals surface area contributed by atoms with Gasteiger partial charge in [-0.1, -0.05) is 0 Å². The average Bonchev–Trinajstić information content (AvgIpc) is 2.75. The zero-order valence-corrected chi connectivity index (χ0v) is 17.6. The zero-order valence-electron chi connectivity index (χ0n) is 17.6. The Balaban J connectivity index is 1.45. The third-order valence-corrected chi connectivity index (χ3v) is 5.88. The molecule has 0 atom stereocenters. The molecular formula is C23H28O8. The van der Waals surface area contributed by atoms with E-state index in [-0.39, 0.29) is 30.2 Å². The second-order valence-corrected chi connectivity index (χ2v) is 8.21. The Kier molecular flexibility index (Phi) is 7.65. The molecule has 3 rings (SSSR count). The van der Waals surface area contributed by atoms with Crippen LogP contribution in [0.3, 0.4) is 0 Å². The van der Waals surface area contributed by atoms with Gasteiger partial charge in [-0.3, -0.25) is 9.59 Å². The van der Waals surface area contributed by atoms with Crippen molar-refractivity contribution >= 4 is 23.9 Å². The van der Waals surface area contributed by atoms with E-state index in [2.05, 4.69) is 0 Å². The lowest BCUT2D eigenvalue weighted by Crippen LogP contribution is -2.29. The van der Waals surface area contributed by atoms with Crippen LogP contribution in [0.4, 0.5) is 0 Å². The standard InChI is InChI=1S/C23H28O8/c1-14(24)29-18-10-12-20(13-11-18)31-23(28)17-4-2-16(3-5-17)22(27)30-19-8-6-15(7-9-19)21(25)26/h2-5,15,18-20H,6-13H2,1H3,(H,25,26). The van der Waals surface area contributed by atoms with Crippen LogP contribution >= 0.6 is 0 Å². The number of rotatable bonds is 6. The molecule has 8 nitrogen and oxygen atoms in total. The summed E-state index contributed by atoms with van der Waals surface area (Å²) in [5.74, 6) is -2.40. The highest BCUT2D eigenvalue weighted by Gasteiger charge is 2.29. The molecular weight excluding hydrogens is 404 g/mol. The topological polar surface area (TPSA) is 116 Å². The third kappa shape index (κ3) is 6.54. The molecule has 2 saturated carbocycles. The number of ether oxygens (including phenoxy) is 3. The maximum absolute atomic E-state index is 12.4. The van der Waals surface area contributed by atoms with Crippen molar-refractivity contribution in [1.82, 2.24) is 0 Å². The van der Waals surface area contributed by atoms with E-state index < -0.39 is 17.9 Å². The number of benzene rings is 1. The first kappa shape index (κ1) is 22.8. The molecule has 0 unspecified atom stereocenters. The molecule has 0 heterocycles. The van der Waals surface area contributed by atoms with E-state index in [9.17, 15) is 19.2 Å². The Labute approximate surface area is 180 Å². The largest absolute Gasteiger partial charge is 0.481 e. The smallest absolute Gasteiger partial charge is 0.338 e. The minimum absolute atomic E-state index is 0.114. The molecule has 168 valence electrons. The molecule has 31 heavy (non-hydrogen) atoms. The van der Waals surface area contributed by atoms with Crippen molar-refractivity contribution in [2.24, 2.45) is 5.92 Å². The van der Waals surface area contributed by atoms with Crippen molar-refractivity contribution in [2.75, 3.05) is 0 Å². The van der Waals surface area contributed by atoms with E-state index in [1.54, 1.807) is 0 Å². The van der Waals surface area contributed by atoms with Crippen molar-refractivity contribution in [1.29, 1.82) is 0 Å². The van der Waals surface area contributed by atoms with E-state index in [4.69, 9.17) is 19.3 Å². The maximum atomic E-state index is 12.4. The van der Waals surface area contributed by atoms with Crippen molar-refractivity contribution in [3.8, 4) is 0 Å². The van der Waals surface area contributed by atoms with Gasteiger partial charge in [0.1, 0.15) is 18.3 Å². The Morgan fingerprint density at radius 2 is 1.03 bits per heavy atom. The normalized spacial score (nSPS) is 25.8. The number of carbonyl (C=O) groups is 4. The van der Waals surface area contributed by atoms with Crippen LogP contribution in [0.5, 0.6) is 0 Å². The van der Waals surface area contributed by atoms with Crippen LogP contribution in [0, 0.1) is 5.92 Å². The summed E-state index contributed by atoms with van der Waals surface area (Å²) in [7, 11) is 0. The predicted octanol–water partition coefficient (Wildman–Crippen LogP) is 3.52. The van der Waals surface area contributed by atoms with E-state index >= 15 is 0 Å². The third-order valence-electron chi connectivity index (χ3n) is 5.88. The van der Waals surface area contributed by atoms with Gasteiger partial charge in [0, 0.05) is 6.92 Å². The van der Waals surface area contributed by atoms with Gasteiger partial charge in [-0.15, -0.1) is 0 Å². The first-order valence-electron chi connectivity index (χ1n) is 10.7. The number of carbonyl (C=O) groups excluding carboxylic acids is 3. The highest BCUT2D eigenvalue weighted by molar-refractivity contribution is 5.93. The first-order chi connectivity index (χ1) is 14.8. The lowest BCUT2D eigenvalue weighted by atomic mass is 9.87. The van der Waals surface area contributed by atoms with Gasteiger partial charge in [-0.25, -0.2) is 9.59 Å². The van der Waals surface area contributed by atoms with Gasteiger partial charge < -0.3 is 19.3 Å². The minimum Gasteiger partial charge on any atom is -0.481 e. The zero-order chi connectivity index (χ0) is 22.4. The highest BCUT2D eigenvalue weighted by Crippen LogP contribution is 2.27. The van der Waals surface area contributed by atoms with Crippen LogP contribution < -0.4 is 0 Å². The Hall–Kier alpha value is -2.90. The average molecular weight is 432 g/mol. The number of hydrogen-bond acceptors (Lipinski definition) is 7. The van der Waals surface area contributed by atoms with E-state index in [1.807, 2.05) is 0 Å². The van der Waals surface area contributed by atoms with Crippen LogP contribution in [0.1, 0.15) is 79.0 Å². The van der Waals surface area contributed by atoms with Crippen LogP contribution in [0.25, 0.3) is 0 Å². The molecule has 2 aliphatic carbocycles. The van der Waals surface area contributed by atoms with Crippen molar-refractivity contribution in [3.63, 3.8) is 0 Å². The molecule has 0 bridgehead atoms. The Bertz CT molecular complexity index is 799. The van der Waals surface area contributed by atoms with E-state index in [1.165, 1.54) is 31.2 Å². The molecule has 0 spiro atoms. The molecule has 2 fully saturated rings. The number of carboxylic acids is 1. The Morgan fingerprint density at radius 1 is 0.677 bits per heavy atom. The lowest BCUT2D eigenvalue weighted by Gasteiger charge is -2.27. The van der Waals surface area contributed by atoms with Crippen LogP contribution in [-0.4, -0.2) is 47.3 Å². The SMILES string of the molecule is CC(=O)OC1CCC(OC(=O)c2ccc(C(=O)OC3CCC(C(=O)O)CC3)cc2)CC1. The molecule has 0 amide bonds. The molecule has 1 N–H and O–H groups in total. The van der Waals surface area contributed by atoms with Crippen LogP contribution in [0.15, 0.2) is 24.3 Å². The van der Waals surface area contributed by atoms with Gasteiger partial charge in [-0.05, 0) is 75.6 Å². The van der Waals surface area contributed by atoms with Gasteiger partial charge in [0.25, 0.3) is 0 Å². The number of aliphatic carboxylic acids is 1. The second kappa shape index (κ2) is 10.4. The summed E-state index contributed by atoms with van der Waals surface area (Å²) in [6, 6.07) is 6.12. The van der Waals surface area contributed by atoms with Crippen molar-refractivity contribution < 1.29 is 38.5 Å². The van der Waals surface area contributed by atoms with Gasteiger partial charge in [-0.2, -0.15) is 0 Å². The number of carboxylic acid groups (broad SMARTS) is 1. The van der Waals surface area contributed by atoms with E-state index in [0.717, 1.165) is 0 Å². The molecule has 0 saturated heterocycles. The fourth-order valence-electron chi connectivity index (χ4n) is 4.11. The van der Waals surface area contributed by atoms with Gasteiger partial charge >= 0.3 is 23.9 Å². The van der Waals surface area contributed by atoms with Crippen LogP contribution in [0.2, 0.25) is 0 Å². The van der Waals surface area contributed by atoms with E-state index in [0.29, 0.717) is 62.5 Å². The molecule has 0 aliphatic heterocycles. The summed E-state index contributed by atoms with van der Waals surface area (Å²) >= 11 is 0. The molecule has 8 heteroatoms. The van der Waals surface area contributed by atoms with Gasteiger partial charge in [0.05, 0.1) is 17.0 Å². The summed E-state index contributed by atoms with van der Waals surface area (Å²) in [5.41, 5.74) is 0.680. The van der Waals surface area contributed by atoms with Crippen molar-refractivity contribution in [2.45, 2.75) is 76.6 Å². The highest BCUT2D eigenvalue weighted by atomic mass is 16.6. The lowest BCUT2D eigenvalue weighted by molar-refractivity contribution is -0.149. The monoisotopic (exact) mass is 432 g/mol. The van der Waals surface area contributed by atoms with Crippen LogP contribution in [-0.2, 0) is 23.8 Å². The second-order valence-electron chi connectivity index (χ2n) is 8.21. The summed E-state index contributed by atoms with van der Waals surface area (Å²) in [6.07, 6.45) is 4.06. The first-order valence-corrected chi connectivity index (χ1v) is 10.7. The van der Waals surface area contributed by atoms with Crippen molar-refractivity contribution in [3.05, 3.63) is 35.4 Å².